The van der Waals surface area contributed by atoms with Crippen molar-refractivity contribution < 1.29 is 8.78 Å². The molecular weight excluding hydrogens is 218 g/mol. The Morgan fingerprint density at radius 3 is 2.81 bits per heavy atom. The summed E-state index contributed by atoms with van der Waals surface area (Å²) in [6.07, 6.45) is -2.49. The van der Waals surface area contributed by atoms with Crippen LogP contribution in [0.15, 0.2) is 10.9 Å². The lowest BCUT2D eigenvalue weighted by molar-refractivity contribution is 0.154. The molecule has 1 aromatic heterocycles. The third kappa shape index (κ3) is 3.58. The molecule has 3 N–H and O–H groups in total. The van der Waals surface area contributed by atoms with Crippen LogP contribution in [0.3, 0.4) is 0 Å². The van der Waals surface area contributed by atoms with E-state index in [9.17, 15) is 13.6 Å². The predicted octanol–water partition coefficient (Wildman–Crippen LogP) is 0.109. The van der Waals surface area contributed by atoms with Crippen molar-refractivity contribution >= 4 is 5.82 Å². The van der Waals surface area contributed by atoms with Gasteiger partial charge in [-0.3, -0.25) is 4.79 Å². The van der Waals surface area contributed by atoms with Gasteiger partial charge >= 0.3 is 0 Å². The molecule has 0 unspecified atom stereocenters. The molecule has 1 heterocycles. The molecule has 0 fully saturated rings. The standard InChI is InChI=1S/C9H14F2N4O/c1-6-13-8(4-9(16)14-6)15(3-2-12)5-7(10)11/h4,7H,2-3,5,12H2,1H3,(H,13,14,16). The highest BCUT2D eigenvalue weighted by atomic mass is 19.3. The zero-order valence-electron chi connectivity index (χ0n) is 8.91. The van der Waals surface area contributed by atoms with Crippen LogP contribution in [-0.4, -0.2) is 36.0 Å². The van der Waals surface area contributed by atoms with Gasteiger partial charge < -0.3 is 15.6 Å². The second-order valence-corrected chi connectivity index (χ2v) is 3.31. The fourth-order valence-corrected chi connectivity index (χ4v) is 1.35. The number of rotatable bonds is 5. The molecule has 0 amide bonds. The number of anilines is 1. The number of aryl methyl sites for hydroxylation is 1. The fourth-order valence-electron chi connectivity index (χ4n) is 1.35. The van der Waals surface area contributed by atoms with Gasteiger partial charge in [-0.2, -0.15) is 0 Å². The molecule has 0 spiro atoms. The van der Waals surface area contributed by atoms with Crippen LogP contribution in [0.1, 0.15) is 5.82 Å². The maximum Gasteiger partial charge on any atom is 0.255 e. The van der Waals surface area contributed by atoms with Crippen LogP contribution in [0.5, 0.6) is 0 Å². The van der Waals surface area contributed by atoms with Gasteiger partial charge in [0.25, 0.3) is 12.0 Å². The molecule has 0 aliphatic heterocycles. The Morgan fingerprint density at radius 1 is 1.62 bits per heavy atom. The first kappa shape index (κ1) is 12.6. The van der Waals surface area contributed by atoms with Gasteiger partial charge in [0, 0.05) is 19.2 Å². The molecule has 0 aliphatic rings. The van der Waals surface area contributed by atoms with Crippen LogP contribution in [0.25, 0.3) is 0 Å². The summed E-state index contributed by atoms with van der Waals surface area (Å²) in [5, 5.41) is 0. The number of nitrogens with zero attached hydrogens (tertiary/aromatic N) is 2. The Labute approximate surface area is 91.3 Å². The number of nitrogens with one attached hydrogen (secondary N) is 1. The summed E-state index contributed by atoms with van der Waals surface area (Å²) in [5.41, 5.74) is 4.96. The van der Waals surface area contributed by atoms with E-state index < -0.39 is 13.0 Å². The zero-order valence-corrected chi connectivity index (χ0v) is 8.91. The van der Waals surface area contributed by atoms with Crippen molar-refractivity contribution in [2.75, 3.05) is 24.5 Å². The van der Waals surface area contributed by atoms with E-state index in [1.54, 1.807) is 6.92 Å². The van der Waals surface area contributed by atoms with Crippen LogP contribution in [0.2, 0.25) is 0 Å². The Hall–Kier alpha value is -1.50. The predicted molar refractivity (Wildman–Crippen MR) is 56.9 cm³/mol. The smallest absolute Gasteiger partial charge is 0.255 e. The molecule has 0 aliphatic carbocycles. The SMILES string of the molecule is Cc1nc(N(CCN)CC(F)F)cc(=O)[nH]1. The molecule has 0 aromatic carbocycles. The second kappa shape index (κ2) is 5.55. The minimum atomic E-state index is -2.49. The Morgan fingerprint density at radius 2 is 2.31 bits per heavy atom. The van der Waals surface area contributed by atoms with Gasteiger partial charge in [0.05, 0.1) is 6.54 Å². The van der Waals surface area contributed by atoms with Crippen LogP contribution in [0.4, 0.5) is 14.6 Å². The average Bonchev–Trinajstić information content (AvgIpc) is 2.14. The largest absolute Gasteiger partial charge is 0.349 e. The number of nitrogens with two attached hydrogens (primary N) is 1. The third-order valence-electron chi connectivity index (χ3n) is 1.93. The molecule has 16 heavy (non-hydrogen) atoms. The number of alkyl halides is 2. The van der Waals surface area contributed by atoms with Crippen molar-refractivity contribution in [3.05, 3.63) is 22.2 Å². The van der Waals surface area contributed by atoms with Gasteiger partial charge in [-0.25, -0.2) is 13.8 Å². The molecule has 0 atom stereocenters. The fraction of sp³-hybridized carbons (Fsp3) is 0.556. The van der Waals surface area contributed by atoms with Crippen molar-refractivity contribution in [1.29, 1.82) is 0 Å². The highest BCUT2D eigenvalue weighted by molar-refractivity contribution is 5.37. The number of H-pyrrole nitrogens is 1. The molecule has 90 valence electrons. The van der Waals surface area contributed by atoms with Crippen molar-refractivity contribution in [3.63, 3.8) is 0 Å². The highest BCUT2D eigenvalue weighted by Gasteiger charge is 2.14. The number of aromatic nitrogens is 2. The Bertz CT molecular complexity index is 393. The molecule has 0 saturated heterocycles. The maximum atomic E-state index is 12.3. The normalized spacial score (nSPS) is 10.8. The number of halogens is 2. The van der Waals surface area contributed by atoms with E-state index in [1.165, 1.54) is 11.0 Å². The second-order valence-electron chi connectivity index (χ2n) is 3.31. The van der Waals surface area contributed by atoms with Gasteiger partial charge in [0.15, 0.2) is 0 Å². The summed E-state index contributed by atoms with van der Waals surface area (Å²) in [6, 6.07) is 1.19. The van der Waals surface area contributed by atoms with Gasteiger partial charge in [0.2, 0.25) is 0 Å². The molecule has 0 bridgehead atoms. The van der Waals surface area contributed by atoms with E-state index in [0.717, 1.165) is 0 Å². The first-order chi connectivity index (χ1) is 7.52. The van der Waals surface area contributed by atoms with Gasteiger partial charge in [-0.1, -0.05) is 0 Å². The number of hydrogen-bond donors (Lipinski definition) is 2. The third-order valence-corrected chi connectivity index (χ3v) is 1.93. The van der Waals surface area contributed by atoms with E-state index in [4.69, 9.17) is 5.73 Å². The van der Waals surface area contributed by atoms with E-state index >= 15 is 0 Å². The minimum Gasteiger partial charge on any atom is -0.349 e. The molecular formula is C9H14F2N4O. The van der Waals surface area contributed by atoms with Crippen LogP contribution in [-0.2, 0) is 0 Å². The Balaban J connectivity index is 2.95. The lowest BCUT2D eigenvalue weighted by Gasteiger charge is -2.22. The maximum absolute atomic E-state index is 12.3. The van der Waals surface area contributed by atoms with E-state index in [1.807, 2.05) is 0 Å². The summed E-state index contributed by atoms with van der Waals surface area (Å²) in [7, 11) is 0. The lowest BCUT2D eigenvalue weighted by Crippen LogP contribution is -2.35. The first-order valence-corrected chi connectivity index (χ1v) is 4.84. The topological polar surface area (TPSA) is 75.0 Å². The van der Waals surface area contributed by atoms with Crippen molar-refractivity contribution in [3.8, 4) is 0 Å². The zero-order chi connectivity index (χ0) is 12.1. The van der Waals surface area contributed by atoms with E-state index in [2.05, 4.69) is 9.97 Å². The quantitative estimate of drug-likeness (QED) is 0.755. The first-order valence-electron chi connectivity index (χ1n) is 4.84. The van der Waals surface area contributed by atoms with Crippen molar-refractivity contribution in [2.24, 2.45) is 5.73 Å². The molecule has 0 radical (unpaired) electrons. The van der Waals surface area contributed by atoms with Crippen molar-refractivity contribution in [1.82, 2.24) is 9.97 Å². The van der Waals surface area contributed by atoms with Gasteiger partial charge in [0.1, 0.15) is 11.6 Å². The summed E-state index contributed by atoms with van der Waals surface area (Å²) < 4.78 is 24.6. The Kier molecular flexibility index (Phi) is 4.36. The summed E-state index contributed by atoms with van der Waals surface area (Å²) >= 11 is 0. The molecule has 1 aromatic rings. The average molecular weight is 232 g/mol. The molecule has 0 saturated carbocycles. The van der Waals surface area contributed by atoms with Crippen LogP contribution < -0.4 is 16.2 Å². The number of hydrogen-bond acceptors (Lipinski definition) is 4. The van der Waals surface area contributed by atoms with Crippen LogP contribution in [0, 0.1) is 6.92 Å². The monoisotopic (exact) mass is 232 g/mol. The summed E-state index contributed by atoms with van der Waals surface area (Å²) in [4.78, 5) is 18.9. The molecule has 1 rings (SSSR count). The van der Waals surface area contributed by atoms with E-state index in [-0.39, 0.29) is 24.5 Å². The summed E-state index contributed by atoms with van der Waals surface area (Å²) in [5.74, 6) is 0.616. The number of aromatic amines is 1. The minimum absolute atomic E-state index is 0.222. The van der Waals surface area contributed by atoms with Crippen LogP contribution >= 0.6 is 0 Å². The lowest BCUT2D eigenvalue weighted by atomic mass is 10.4. The summed E-state index contributed by atoms with van der Waals surface area (Å²) in [6.45, 7) is 1.57. The van der Waals surface area contributed by atoms with Gasteiger partial charge in [-0.15, -0.1) is 0 Å². The highest BCUT2D eigenvalue weighted by Crippen LogP contribution is 2.09. The molecule has 5 nitrogen and oxygen atoms in total. The molecule has 7 heteroatoms. The van der Waals surface area contributed by atoms with Gasteiger partial charge in [-0.05, 0) is 6.92 Å². The van der Waals surface area contributed by atoms with Crippen molar-refractivity contribution in [2.45, 2.75) is 13.3 Å². The van der Waals surface area contributed by atoms with E-state index in [0.29, 0.717) is 5.82 Å².